The van der Waals surface area contributed by atoms with Crippen molar-refractivity contribution in [2.75, 3.05) is 19.8 Å². The second kappa shape index (κ2) is 14.8. The quantitative estimate of drug-likeness (QED) is 0.119. The topological polar surface area (TPSA) is 182 Å². The third-order valence-corrected chi connectivity index (χ3v) is 4.99. The molecule has 3 atom stereocenters. The molecule has 0 bridgehead atoms. The van der Waals surface area contributed by atoms with Gasteiger partial charge in [-0.1, -0.05) is 0 Å². The molecule has 37 heavy (non-hydrogen) atoms. The highest BCUT2D eigenvalue weighted by Gasteiger charge is 2.33. The molecule has 2 rings (SSSR count). The number of esters is 1. The first-order valence-corrected chi connectivity index (χ1v) is 11.8. The average molecular weight is 529 g/mol. The maximum absolute atomic E-state index is 13.2. The summed E-state index contributed by atoms with van der Waals surface area (Å²) < 4.78 is 27.4. The lowest BCUT2D eigenvalue weighted by atomic mass is 10.1. The van der Waals surface area contributed by atoms with Gasteiger partial charge >= 0.3 is 18.0 Å². The predicted octanol–water partition coefficient (Wildman–Crippen LogP) is 2.70. The number of carbonyl (C=O) groups excluding carboxylic acids is 2. The van der Waals surface area contributed by atoms with Crippen molar-refractivity contribution in [2.24, 2.45) is 0 Å². The Morgan fingerprint density at radius 1 is 1.19 bits per heavy atom. The Hall–Kier alpha value is -3.65. The number of rotatable bonds is 14. The lowest BCUT2D eigenvalue weighted by molar-refractivity contribution is -0.757. The molecule has 1 fully saturated rings. The molecule has 0 saturated carbocycles. The zero-order valence-corrected chi connectivity index (χ0v) is 20.9. The molecular weight excluding hydrogens is 496 g/mol. The molecule has 1 aromatic carbocycles. The predicted molar refractivity (Wildman–Crippen MR) is 125 cm³/mol. The Bertz CT molecular complexity index is 932. The van der Waals surface area contributed by atoms with Crippen LogP contribution in [0, 0.1) is 10.1 Å². The molecule has 2 N–H and O–H groups in total. The van der Waals surface area contributed by atoms with Crippen molar-refractivity contribution >= 4 is 18.0 Å². The second-order valence-electron chi connectivity index (χ2n) is 8.36. The number of nitrogens with zero attached hydrogens (tertiary/aromatic N) is 1. The first-order valence-electron chi connectivity index (χ1n) is 11.8. The third kappa shape index (κ3) is 10.5. The van der Waals surface area contributed by atoms with E-state index in [4.69, 9.17) is 23.7 Å². The maximum atomic E-state index is 13.2. The molecule has 1 saturated heterocycles. The summed E-state index contributed by atoms with van der Waals surface area (Å²) in [6.45, 7) is 5.06. The number of hydrogen-bond acceptors (Lipinski definition) is 11. The van der Waals surface area contributed by atoms with Crippen LogP contribution in [0.1, 0.15) is 56.8 Å². The highest BCUT2D eigenvalue weighted by molar-refractivity contribution is 5.89. The minimum absolute atomic E-state index is 0.00662. The summed E-state index contributed by atoms with van der Waals surface area (Å²) in [6, 6.07) is 2.27. The van der Waals surface area contributed by atoms with Gasteiger partial charge in [0, 0.05) is 13.0 Å². The molecule has 0 spiro atoms. The van der Waals surface area contributed by atoms with E-state index in [9.17, 15) is 29.6 Å². The standard InChI is InChI=1S/C23H32N2O12/c1-14(2)35-23(29)24-20(15(3)36-19-7-4-5-10-33-19)22(28)37-18-13-16(21(26)27)8-9-17(18)32-11-6-12-34-25(30)31/h8-9,13-15,19-20H,4-7,10-12H2,1-3H3,(H,24,29)(H,26,27). The molecule has 3 unspecified atom stereocenters. The molecule has 1 aliphatic heterocycles. The first-order chi connectivity index (χ1) is 17.6. The van der Waals surface area contributed by atoms with Gasteiger partial charge in [0.25, 0.3) is 5.09 Å². The van der Waals surface area contributed by atoms with Crippen LogP contribution in [0.3, 0.4) is 0 Å². The van der Waals surface area contributed by atoms with E-state index >= 15 is 0 Å². The lowest BCUT2D eigenvalue weighted by Crippen LogP contribution is -2.52. The van der Waals surface area contributed by atoms with Crippen molar-refractivity contribution in [1.29, 1.82) is 0 Å². The summed E-state index contributed by atoms with van der Waals surface area (Å²) in [7, 11) is 0. The summed E-state index contributed by atoms with van der Waals surface area (Å²) in [5.41, 5.74) is -0.185. The molecule has 0 aromatic heterocycles. The summed E-state index contributed by atoms with van der Waals surface area (Å²) >= 11 is 0. The summed E-state index contributed by atoms with van der Waals surface area (Å²) in [5.74, 6) is -2.46. The van der Waals surface area contributed by atoms with Crippen LogP contribution in [0.5, 0.6) is 11.5 Å². The minimum Gasteiger partial charge on any atom is -0.490 e. The van der Waals surface area contributed by atoms with E-state index < -0.39 is 47.7 Å². The SMILES string of the molecule is CC(C)OC(=O)NC(C(=O)Oc1cc(C(=O)O)ccc1OCCCO[N+](=O)[O-])C(C)OC1CCCCO1. The average Bonchev–Trinajstić information content (AvgIpc) is 2.82. The maximum Gasteiger partial charge on any atom is 0.408 e. The van der Waals surface area contributed by atoms with E-state index in [1.807, 2.05) is 0 Å². The molecule has 1 heterocycles. The van der Waals surface area contributed by atoms with Gasteiger partial charge in [0.1, 0.15) is 0 Å². The number of carboxylic acids is 1. The monoisotopic (exact) mass is 528 g/mol. The van der Waals surface area contributed by atoms with Crippen LogP contribution < -0.4 is 14.8 Å². The molecule has 14 heteroatoms. The van der Waals surface area contributed by atoms with Gasteiger partial charge in [0.05, 0.1) is 31.0 Å². The van der Waals surface area contributed by atoms with Crippen LogP contribution in [0.4, 0.5) is 4.79 Å². The van der Waals surface area contributed by atoms with Gasteiger partial charge < -0.3 is 38.9 Å². The third-order valence-electron chi connectivity index (χ3n) is 4.99. The van der Waals surface area contributed by atoms with Crippen LogP contribution in [0.15, 0.2) is 18.2 Å². The number of ether oxygens (including phenoxy) is 5. The number of aromatic carboxylic acids is 1. The second-order valence-corrected chi connectivity index (χ2v) is 8.36. The molecule has 206 valence electrons. The number of amides is 1. The lowest BCUT2D eigenvalue weighted by Gasteiger charge is -2.30. The molecular formula is C23H32N2O12. The van der Waals surface area contributed by atoms with E-state index in [1.165, 1.54) is 12.1 Å². The summed E-state index contributed by atoms with van der Waals surface area (Å²) in [4.78, 5) is 51.4. The highest BCUT2D eigenvalue weighted by atomic mass is 16.9. The molecule has 1 aliphatic rings. The van der Waals surface area contributed by atoms with Gasteiger partial charge in [-0.3, -0.25) is 0 Å². The van der Waals surface area contributed by atoms with Gasteiger partial charge in [0.2, 0.25) is 0 Å². The van der Waals surface area contributed by atoms with Crippen LogP contribution >= 0.6 is 0 Å². The summed E-state index contributed by atoms with van der Waals surface area (Å²) in [6.07, 6.45) is -0.295. The number of carboxylic acid groups (broad SMARTS) is 1. The Morgan fingerprint density at radius 3 is 2.57 bits per heavy atom. The van der Waals surface area contributed by atoms with Crippen molar-refractivity contribution in [1.82, 2.24) is 5.32 Å². The smallest absolute Gasteiger partial charge is 0.408 e. The number of alkyl carbamates (subject to hydrolysis) is 1. The minimum atomic E-state index is -1.34. The van der Waals surface area contributed by atoms with Crippen LogP contribution in [0.25, 0.3) is 0 Å². The Kier molecular flexibility index (Phi) is 11.8. The van der Waals surface area contributed by atoms with Crippen molar-refractivity contribution in [3.8, 4) is 11.5 Å². The number of hydrogen-bond donors (Lipinski definition) is 2. The number of carbonyl (C=O) groups is 3. The molecule has 0 radical (unpaired) electrons. The zero-order valence-electron chi connectivity index (χ0n) is 20.9. The van der Waals surface area contributed by atoms with E-state index in [0.29, 0.717) is 13.0 Å². The van der Waals surface area contributed by atoms with Gasteiger partial charge in [0.15, 0.2) is 23.8 Å². The Morgan fingerprint density at radius 2 is 1.95 bits per heavy atom. The number of nitrogens with one attached hydrogen (secondary N) is 1. The zero-order chi connectivity index (χ0) is 27.4. The fourth-order valence-electron chi connectivity index (χ4n) is 3.27. The summed E-state index contributed by atoms with van der Waals surface area (Å²) in [5, 5.41) is 21.1. The first kappa shape index (κ1) is 29.6. The van der Waals surface area contributed by atoms with E-state index in [-0.39, 0.29) is 36.7 Å². The van der Waals surface area contributed by atoms with Crippen molar-refractivity contribution in [2.45, 2.75) is 71.0 Å². The van der Waals surface area contributed by atoms with Crippen LogP contribution in [-0.4, -0.2) is 72.6 Å². The van der Waals surface area contributed by atoms with Crippen molar-refractivity contribution < 1.29 is 53.1 Å². The van der Waals surface area contributed by atoms with Gasteiger partial charge in [-0.25, -0.2) is 14.4 Å². The fourth-order valence-corrected chi connectivity index (χ4v) is 3.27. The normalized spacial score (nSPS) is 16.8. The molecule has 1 aromatic rings. The van der Waals surface area contributed by atoms with Gasteiger partial charge in [-0.2, -0.15) is 0 Å². The Balaban J connectivity index is 2.19. The highest BCUT2D eigenvalue weighted by Crippen LogP contribution is 2.29. The van der Waals surface area contributed by atoms with Crippen molar-refractivity contribution in [3.63, 3.8) is 0 Å². The molecule has 14 nitrogen and oxygen atoms in total. The largest absolute Gasteiger partial charge is 0.490 e. The number of benzene rings is 1. The van der Waals surface area contributed by atoms with E-state index in [1.54, 1.807) is 20.8 Å². The van der Waals surface area contributed by atoms with Crippen LogP contribution in [-0.2, 0) is 23.8 Å². The van der Waals surface area contributed by atoms with Gasteiger partial charge in [-0.15, -0.1) is 10.1 Å². The van der Waals surface area contributed by atoms with Crippen LogP contribution in [0.2, 0.25) is 0 Å². The fraction of sp³-hybridized carbons (Fsp3) is 0.609. The Labute approximate surface area is 213 Å². The van der Waals surface area contributed by atoms with Gasteiger partial charge in [-0.05, 0) is 58.2 Å². The van der Waals surface area contributed by atoms with Crippen molar-refractivity contribution in [3.05, 3.63) is 33.9 Å². The molecule has 0 aliphatic carbocycles. The van der Waals surface area contributed by atoms with E-state index in [0.717, 1.165) is 18.9 Å². The molecule has 1 amide bonds. The van der Waals surface area contributed by atoms with E-state index in [2.05, 4.69) is 10.2 Å².